The van der Waals surface area contributed by atoms with Gasteiger partial charge < -0.3 is 4.90 Å². The first-order valence-electron chi connectivity index (χ1n) is 6.16. The van der Waals surface area contributed by atoms with Crippen LogP contribution in [0.4, 0.5) is 0 Å². The van der Waals surface area contributed by atoms with Crippen molar-refractivity contribution < 1.29 is 4.79 Å². The fourth-order valence-electron chi connectivity index (χ4n) is 2.74. The number of likely N-dealkylation sites (tertiary alicyclic amines) is 1. The molecular weight excluding hydrogens is 210 g/mol. The molecule has 0 unspecified atom stereocenters. The summed E-state index contributed by atoms with van der Waals surface area (Å²) in [5, 5.41) is 0. The molecule has 0 radical (unpaired) electrons. The van der Waals surface area contributed by atoms with E-state index in [1.165, 1.54) is 12.8 Å². The molecule has 1 amide bonds. The molecule has 86 valence electrons. The molecule has 0 atom stereocenters. The SMILES string of the molecule is O=C(C1CCCC1)N1CCC(CCl)CC1. The minimum absolute atomic E-state index is 0.345. The third kappa shape index (κ3) is 2.66. The van der Waals surface area contributed by atoms with Gasteiger partial charge in [0.25, 0.3) is 0 Å². The molecule has 0 N–H and O–H groups in total. The Labute approximate surface area is 97.0 Å². The lowest BCUT2D eigenvalue weighted by Crippen LogP contribution is -2.41. The molecule has 1 saturated heterocycles. The zero-order valence-electron chi connectivity index (χ0n) is 9.25. The number of piperidine rings is 1. The molecule has 2 rings (SSSR count). The van der Waals surface area contributed by atoms with Crippen LogP contribution in [0.3, 0.4) is 0 Å². The maximum atomic E-state index is 12.1. The molecule has 2 aliphatic rings. The normalized spacial score (nSPS) is 24.7. The van der Waals surface area contributed by atoms with Crippen molar-refractivity contribution in [3.8, 4) is 0 Å². The Morgan fingerprint density at radius 2 is 1.73 bits per heavy atom. The highest BCUT2D eigenvalue weighted by molar-refractivity contribution is 6.18. The number of amides is 1. The smallest absolute Gasteiger partial charge is 0.225 e. The minimum Gasteiger partial charge on any atom is -0.342 e. The third-order valence-electron chi connectivity index (χ3n) is 3.85. The van der Waals surface area contributed by atoms with E-state index in [-0.39, 0.29) is 0 Å². The Morgan fingerprint density at radius 1 is 1.13 bits per heavy atom. The lowest BCUT2D eigenvalue weighted by molar-refractivity contribution is -0.136. The monoisotopic (exact) mass is 229 g/mol. The van der Waals surface area contributed by atoms with Gasteiger partial charge in [0.2, 0.25) is 5.91 Å². The second-order valence-electron chi connectivity index (χ2n) is 4.90. The van der Waals surface area contributed by atoms with E-state index in [1.807, 2.05) is 0 Å². The van der Waals surface area contributed by atoms with E-state index in [9.17, 15) is 4.79 Å². The number of carbonyl (C=O) groups excluding carboxylic acids is 1. The number of rotatable bonds is 2. The average molecular weight is 230 g/mol. The number of carbonyl (C=O) groups is 1. The standard InChI is InChI=1S/C12H20ClNO/c13-9-10-5-7-14(8-6-10)12(15)11-3-1-2-4-11/h10-11H,1-9H2. The first kappa shape index (κ1) is 11.3. The molecule has 1 aliphatic carbocycles. The van der Waals surface area contributed by atoms with Crippen molar-refractivity contribution in [2.75, 3.05) is 19.0 Å². The number of hydrogen-bond acceptors (Lipinski definition) is 1. The van der Waals surface area contributed by atoms with Gasteiger partial charge in [-0.05, 0) is 31.6 Å². The predicted molar refractivity (Wildman–Crippen MR) is 62.0 cm³/mol. The van der Waals surface area contributed by atoms with Gasteiger partial charge in [-0.15, -0.1) is 11.6 Å². The van der Waals surface area contributed by atoms with Crippen LogP contribution in [0.1, 0.15) is 38.5 Å². The summed E-state index contributed by atoms with van der Waals surface area (Å²) in [6.07, 6.45) is 6.93. The Kier molecular flexibility index (Phi) is 3.90. The second kappa shape index (κ2) is 5.20. The van der Waals surface area contributed by atoms with Crippen LogP contribution in [0.2, 0.25) is 0 Å². The van der Waals surface area contributed by atoms with E-state index in [4.69, 9.17) is 11.6 Å². The molecule has 0 spiro atoms. The lowest BCUT2D eigenvalue weighted by atomic mass is 9.97. The zero-order valence-corrected chi connectivity index (χ0v) is 10.0. The summed E-state index contributed by atoms with van der Waals surface area (Å²) in [4.78, 5) is 14.2. The summed E-state index contributed by atoms with van der Waals surface area (Å²) < 4.78 is 0. The van der Waals surface area contributed by atoms with E-state index >= 15 is 0 Å². The first-order chi connectivity index (χ1) is 7.31. The third-order valence-corrected chi connectivity index (χ3v) is 4.29. The quantitative estimate of drug-likeness (QED) is 0.667. The highest BCUT2D eigenvalue weighted by Gasteiger charge is 2.29. The van der Waals surface area contributed by atoms with Crippen LogP contribution in [0.5, 0.6) is 0 Å². The molecule has 0 aromatic carbocycles. The van der Waals surface area contributed by atoms with Crippen LogP contribution in [0, 0.1) is 11.8 Å². The van der Waals surface area contributed by atoms with Crippen LogP contribution in [0.25, 0.3) is 0 Å². The fourth-order valence-corrected chi connectivity index (χ4v) is 3.05. The Morgan fingerprint density at radius 3 is 2.27 bits per heavy atom. The Bertz CT molecular complexity index is 218. The largest absolute Gasteiger partial charge is 0.342 e. The lowest BCUT2D eigenvalue weighted by Gasteiger charge is -2.32. The zero-order chi connectivity index (χ0) is 10.7. The van der Waals surface area contributed by atoms with Crippen molar-refractivity contribution in [1.82, 2.24) is 4.90 Å². The van der Waals surface area contributed by atoms with Gasteiger partial charge in [-0.1, -0.05) is 12.8 Å². The summed E-state index contributed by atoms with van der Waals surface area (Å²) >= 11 is 5.83. The van der Waals surface area contributed by atoms with E-state index in [0.717, 1.165) is 44.7 Å². The van der Waals surface area contributed by atoms with Crippen molar-refractivity contribution in [2.45, 2.75) is 38.5 Å². The molecule has 1 aliphatic heterocycles. The van der Waals surface area contributed by atoms with E-state index in [2.05, 4.69) is 4.90 Å². The molecule has 2 fully saturated rings. The Hall–Kier alpha value is -0.240. The summed E-state index contributed by atoms with van der Waals surface area (Å²) in [5.74, 6) is 2.16. The van der Waals surface area contributed by atoms with Gasteiger partial charge in [-0.25, -0.2) is 0 Å². The van der Waals surface area contributed by atoms with Gasteiger partial charge in [0.15, 0.2) is 0 Å². The Balaban J connectivity index is 1.81. The first-order valence-corrected chi connectivity index (χ1v) is 6.69. The van der Waals surface area contributed by atoms with Crippen molar-refractivity contribution in [2.24, 2.45) is 11.8 Å². The van der Waals surface area contributed by atoms with Crippen LogP contribution >= 0.6 is 11.6 Å². The van der Waals surface area contributed by atoms with Gasteiger partial charge in [0.1, 0.15) is 0 Å². The van der Waals surface area contributed by atoms with Crippen LogP contribution < -0.4 is 0 Å². The molecule has 1 heterocycles. The van der Waals surface area contributed by atoms with E-state index < -0.39 is 0 Å². The predicted octanol–water partition coefficient (Wildman–Crippen LogP) is 2.65. The van der Waals surface area contributed by atoms with Gasteiger partial charge in [-0.3, -0.25) is 4.79 Å². The van der Waals surface area contributed by atoms with Crippen LogP contribution in [-0.4, -0.2) is 29.8 Å². The molecule has 0 bridgehead atoms. The molecule has 3 heteroatoms. The number of nitrogens with zero attached hydrogens (tertiary/aromatic N) is 1. The maximum absolute atomic E-state index is 12.1. The molecular formula is C12H20ClNO. The molecule has 2 nitrogen and oxygen atoms in total. The molecule has 0 aromatic rings. The van der Waals surface area contributed by atoms with Crippen LogP contribution in [-0.2, 0) is 4.79 Å². The van der Waals surface area contributed by atoms with Crippen molar-refractivity contribution in [1.29, 1.82) is 0 Å². The van der Waals surface area contributed by atoms with Crippen molar-refractivity contribution >= 4 is 17.5 Å². The van der Waals surface area contributed by atoms with Crippen molar-refractivity contribution in [3.63, 3.8) is 0 Å². The van der Waals surface area contributed by atoms with Gasteiger partial charge >= 0.3 is 0 Å². The summed E-state index contributed by atoms with van der Waals surface area (Å²) in [5.41, 5.74) is 0. The summed E-state index contributed by atoms with van der Waals surface area (Å²) in [6, 6.07) is 0. The fraction of sp³-hybridized carbons (Fsp3) is 0.917. The highest BCUT2D eigenvalue weighted by atomic mass is 35.5. The average Bonchev–Trinajstić information content (AvgIpc) is 2.82. The second-order valence-corrected chi connectivity index (χ2v) is 5.21. The number of halogens is 1. The minimum atomic E-state index is 0.345. The van der Waals surface area contributed by atoms with Crippen LogP contribution in [0.15, 0.2) is 0 Å². The van der Waals surface area contributed by atoms with E-state index in [0.29, 0.717) is 17.7 Å². The highest BCUT2D eigenvalue weighted by Crippen LogP contribution is 2.28. The molecule has 1 saturated carbocycles. The summed E-state index contributed by atoms with van der Waals surface area (Å²) in [6.45, 7) is 1.87. The maximum Gasteiger partial charge on any atom is 0.225 e. The number of alkyl halides is 1. The van der Waals surface area contributed by atoms with E-state index in [1.54, 1.807) is 0 Å². The van der Waals surface area contributed by atoms with Gasteiger partial charge in [0, 0.05) is 24.9 Å². The molecule has 15 heavy (non-hydrogen) atoms. The van der Waals surface area contributed by atoms with Crippen molar-refractivity contribution in [3.05, 3.63) is 0 Å². The number of hydrogen-bond donors (Lipinski definition) is 0. The van der Waals surface area contributed by atoms with Gasteiger partial charge in [-0.2, -0.15) is 0 Å². The topological polar surface area (TPSA) is 20.3 Å². The summed E-state index contributed by atoms with van der Waals surface area (Å²) in [7, 11) is 0. The molecule has 0 aromatic heterocycles. The van der Waals surface area contributed by atoms with Gasteiger partial charge in [0.05, 0.1) is 0 Å².